The van der Waals surface area contributed by atoms with Crippen molar-refractivity contribution in [2.45, 2.75) is 32.6 Å². The number of fused-ring (bicyclic) bond motifs is 1. The summed E-state index contributed by atoms with van der Waals surface area (Å²) in [7, 11) is 0. The molecule has 0 aliphatic heterocycles. The van der Waals surface area contributed by atoms with Crippen molar-refractivity contribution >= 4 is 44.7 Å². The normalized spacial score (nSPS) is 11.2. The van der Waals surface area contributed by atoms with Crippen LogP contribution in [0.5, 0.6) is 5.75 Å². The van der Waals surface area contributed by atoms with Gasteiger partial charge in [0.25, 0.3) is 0 Å². The maximum Gasteiger partial charge on any atom is 0.311 e. The van der Waals surface area contributed by atoms with Crippen LogP contribution in [0.3, 0.4) is 0 Å². The van der Waals surface area contributed by atoms with Gasteiger partial charge < -0.3 is 9.72 Å². The molecule has 0 saturated heterocycles. The van der Waals surface area contributed by atoms with E-state index in [2.05, 4.69) is 38.4 Å². The number of aromatic nitrogens is 1. The molecule has 6 heteroatoms. The van der Waals surface area contributed by atoms with E-state index in [1.54, 1.807) is 6.21 Å². The van der Waals surface area contributed by atoms with E-state index in [0.717, 1.165) is 45.9 Å². The Bertz CT molecular complexity index is 932. The lowest BCUT2D eigenvalue weighted by molar-refractivity contribution is -0.134. The number of carbonyl (C=O) groups excluding carboxylic acids is 1. The van der Waals surface area contributed by atoms with Crippen LogP contribution in [0.1, 0.15) is 38.2 Å². The van der Waals surface area contributed by atoms with Crippen LogP contribution in [-0.4, -0.2) is 17.2 Å². The third-order valence-electron chi connectivity index (χ3n) is 4.15. The molecule has 0 aliphatic carbocycles. The van der Waals surface area contributed by atoms with Gasteiger partial charge in [-0.05, 0) is 42.8 Å². The molecule has 0 unspecified atom stereocenters. The van der Waals surface area contributed by atoms with E-state index in [1.165, 1.54) is 0 Å². The van der Waals surface area contributed by atoms with E-state index in [4.69, 9.17) is 4.74 Å². The van der Waals surface area contributed by atoms with Crippen LogP contribution in [0.25, 0.3) is 10.9 Å². The van der Waals surface area contributed by atoms with Crippen molar-refractivity contribution in [3.63, 3.8) is 0 Å². The zero-order valence-electron chi connectivity index (χ0n) is 15.2. The summed E-state index contributed by atoms with van der Waals surface area (Å²) in [6.07, 6.45) is 6.96. The van der Waals surface area contributed by atoms with Crippen LogP contribution < -0.4 is 10.2 Å². The highest BCUT2D eigenvalue weighted by Gasteiger charge is 2.12. The number of rotatable bonds is 8. The summed E-state index contributed by atoms with van der Waals surface area (Å²) in [5.74, 6) is 0.355. The second-order valence-corrected chi connectivity index (χ2v) is 7.15. The number of hydrazone groups is 1. The molecule has 1 aromatic heterocycles. The summed E-state index contributed by atoms with van der Waals surface area (Å²) in [5, 5.41) is 5.14. The summed E-state index contributed by atoms with van der Waals surface area (Å²) >= 11 is 3.41. The molecule has 0 saturated carbocycles. The van der Waals surface area contributed by atoms with Crippen LogP contribution in [-0.2, 0) is 4.79 Å². The molecule has 140 valence electrons. The van der Waals surface area contributed by atoms with Crippen molar-refractivity contribution in [3.05, 3.63) is 58.7 Å². The molecular formula is C21H22BrN3O2. The van der Waals surface area contributed by atoms with Gasteiger partial charge in [0.05, 0.1) is 17.3 Å². The fraction of sp³-hybridized carbons (Fsp3) is 0.238. The van der Waals surface area contributed by atoms with Gasteiger partial charge in [0, 0.05) is 28.2 Å². The highest BCUT2D eigenvalue weighted by atomic mass is 79.9. The van der Waals surface area contributed by atoms with Crippen LogP contribution in [0.4, 0.5) is 5.69 Å². The molecule has 2 aromatic carbocycles. The Morgan fingerprint density at radius 1 is 1.22 bits per heavy atom. The van der Waals surface area contributed by atoms with Crippen molar-refractivity contribution in [1.29, 1.82) is 0 Å². The molecule has 0 bridgehead atoms. The van der Waals surface area contributed by atoms with E-state index < -0.39 is 0 Å². The number of anilines is 1. The van der Waals surface area contributed by atoms with Gasteiger partial charge in [0.2, 0.25) is 0 Å². The first-order chi connectivity index (χ1) is 13.2. The average molecular weight is 428 g/mol. The molecule has 0 spiro atoms. The second kappa shape index (κ2) is 9.37. The maximum atomic E-state index is 12.1. The number of nitrogens with one attached hydrogen (secondary N) is 2. The first-order valence-corrected chi connectivity index (χ1v) is 9.82. The van der Waals surface area contributed by atoms with Crippen LogP contribution in [0.2, 0.25) is 0 Å². The lowest BCUT2D eigenvalue weighted by Crippen LogP contribution is -2.07. The van der Waals surface area contributed by atoms with Crippen molar-refractivity contribution in [2.75, 3.05) is 5.43 Å². The zero-order valence-corrected chi connectivity index (χ0v) is 16.8. The SMILES string of the molecule is CCCCCC(=O)Oc1cccc2[nH]cc(/C=N/Nc3ccc(Br)cc3)c12. The van der Waals surface area contributed by atoms with Crippen molar-refractivity contribution in [3.8, 4) is 5.75 Å². The first-order valence-electron chi connectivity index (χ1n) is 9.03. The summed E-state index contributed by atoms with van der Waals surface area (Å²) in [6, 6.07) is 13.4. The lowest BCUT2D eigenvalue weighted by Gasteiger charge is -2.06. The quantitative estimate of drug-likeness (QED) is 0.155. The van der Waals surface area contributed by atoms with Gasteiger partial charge in [-0.3, -0.25) is 10.2 Å². The van der Waals surface area contributed by atoms with Gasteiger partial charge in [-0.15, -0.1) is 0 Å². The Morgan fingerprint density at radius 3 is 2.81 bits per heavy atom. The van der Waals surface area contributed by atoms with Gasteiger partial charge in [-0.25, -0.2) is 0 Å². The van der Waals surface area contributed by atoms with Crippen LogP contribution in [0, 0.1) is 0 Å². The number of nitrogens with zero attached hydrogens (tertiary/aromatic N) is 1. The van der Waals surface area contributed by atoms with Gasteiger partial charge in [-0.2, -0.15) is 5.10 Å². The fourth-order valence-electron chi connectivity index (χ4n) is 2.76. The van der Waals surface area contributed by atoms with E-state index in [1.807, 2.05) is 48.7 Å². The Hall–Kier alpha value is -2.60. The zero-order chi connectivity index (χ0) is 19.1. The predicted molar refractivity (Wildman–Crippen MR) is 113 cm³/mol. The largest absolute Gasteiger partial charge is 0.426 e. The van der Waals surface area contributed by atoms with E-state index in [-0.39, 0.29) is 5.97 Å². The molecule has 2 N–H and O–H groups in total. The minimum absolute atomic E-state index is 0.201. The van der Waals surface area contributed by atoms with Gasteiger partial charge in [0.1, 0.15) is 5.75 Å². The number of aromatic amines is 1. The lowest BCUT2D eigenvalue weighted by atomic mass is 10.1. The van der Waals surface area contributed by atoms with Gasteiger partial charge in [0.15, 0.2) is 0 Å². The predicted octanol–water partition coefficient (Wildman–Crippen LogP) is 5.86. The standard InChI is InChI=1S/C21H22BrN3O2/c1-2-3-4-8-20(26)27-19-7-5-6-18-21(19)15(13-23-18)14-24-25-17-11-9-16(22)10-12-17/h5-7,9-14,23,25H,2-4,8H2,1H3/b24-14+. The van der Waals surface area contributed by atoms with Gasteiger partial charge >= 0.3 is 5.97 Å². The molecule has 27 heavy (non-hydrogen) atoms. The number of carbonyl (C=O) groups is 1. The Morgan fingerprint density at radius 2 is 2.04 bits per heavy atom. The third kappa shape index (κ3) is 5.20. The third-order valence-corrected chi connectivity index (χ3v) is 4.68. The summed E-state index contributed by atoms with van der Waals surface area (Å²) < 4.78 is 6.62. The molecule has 0 atom stereocenters. The molecule has 5 nitrogen and oxygen atoms in total. The molecule has 3 rings (SSSR count). The number of ether oxygens (including phenoxy) is 1. The Balaban J connectivity index is 1.75. The summed E-state index contributed by atoms with van der Waals surface area (Å²) in [5.41, 5.74) is 5.64. The molecule has 0 aliphatic rings. The minimum Gasteiger partial charge on any atom is -0.426 e. The number of hydrogen-bond acceptors (Lipinski definition) is 4. The minimum atomic E-state index is -0.201. The molecule has 0 amide bonds. The molecule has 0 radical (unpaired) electrons. The molecule has 0 fully saturated rings. The Labute approximate surface area is 166 Å². The average Bonchev–Trinajstić information content (AvgIpc) is 3.08. The number of halogens is 1. The van der Waals surface area contributed by atoms with Crippen LogP contribution >= 0.6 is 15.9 Å². The van der Waals surface area contributed by atoms with Crippen molar-refractivity contribution in [1.82, 2.24) is 4.98 Å². The van der Waals surface area contributed by atoms with Crippen molar-refractivity contribution in [2.24, 2.45) is 5.10 Å². The van der Waals surface area contributed by atoms with Crippen LogP contribution in [0.15, 0.2) is 58.2 Å². The van der Waals surface area contributed by atoms with E-state index >= 15 is 0 Å². The molecule has 1 heterocycles. The number of esters is 1. The highest BCUT2D eigenvalue weighted by Crippen LogP contribution is 2.28. The topological polar surface area (TPSA) is 66.5 Å². The number of unbranched alkanes of at least 4 members (excludes halogenated alkanes) is 2. The summed E-state index contributed by atoms with van der Waals surface area (Å²) in [4.78, 5) is 15.3. The van der Waals surface area contributed by atoms with E-state index in [9.17, 15) is 4.79 Å². The number of benzene rings is 2. The highest BCUT2D eigenvalue weighted by molar-refractivity contribution is 9.10. The molecular weight excluding hydrogens is 406 g/mol. The van der Waals surface area contributed by atoms with Gasteiger partial charge in [-0.1, -0.05) is 41.8 Å². The maximum absolute atomic E-state index is 12.1. The number of H-pyrrole nitrogens is 1. The monoisotopic (exact) mass is 427 g/mol. The Kier molecular flexibility index (Phi) is 6.65. The molecule has 3 aromatic rings. The summed E-state index contributed by atoms with van der Waals surface area (Å²) in [6.45, 7) is 2.11. The van der Waals surface area contributed by atoms with Crippen molar-refractivity contribution < 1.29 is 9.53 Å². The number of hydrogen-bond donors (Lipinski definition) is 2. The second-order valence-electron chi connectivity index (χ2n) is 6.23. The first kappa shape index (κ1) is 19.2. The van der Waals surface area contributed by atoms with E-state index in [0.29, 0.717) is 12.2 Å². The fourth-order valence-corrected chi connectivity index (χ4v) is 3.02. The smallest absolute Gasteiger partial charge is 0.311 e.